The zero-order valence-electron chi connectivity index (χ0n) is 8.40. The maximum atomic E-state index is 8.82. The first kappa shape index (κ1) is 10.5. The van der Waals surface area contributed by atoms with Crippen molar-refractivity contribution in [2.75, 3.05) is 32.2 Å². The van der Waals surface area contributed by atoms with Crippen LogP contribution in [0.2, 0.25) is 0 Å². The van der Waals surface area contributed by atoms with Crippen LogP contribution in [-0.4, -0.2) is 32.3 Å². The molecule has 74 valence electrons. The monoisotopic (exact) mass is 191 g/mol. The Balaban J connectivity index is 2.79. The zero-order valence-corrected chi connectivity index (χ0v) is 8.40. The number of hydrogen-bond donors (Lipinski definition) is 0. The molecule has 0 radical (unpaired) electrons. The number of methoxy groups -OCH3 is 1. The highest BCUT2D eigenvalue weighted by atomic mass is 16.5. The number of ether oxygens (including phenoxy) is 1. The predicted molar refractivity (Wildman–Crippen MR) is 54.1 cm³/mol. The second-order valence-electron chi connectivity index (χ2n) is 2.90. The van der Waals surface area contributed by atoms with Crippen LogP contribution in [0.5, 0.6) is 0 Å². The molecule has 4 heteroatoms. The molecule has 1 heterocycles. The van der Waals surface area contributed by atoms with Gasteiger partial charge in [-0.1, -0.05) is 0 Å². The number of aromatic nitrogens is 1. The van der Waals surface area contributed by atoms with Crippen LogP contribution in [0, 0.1) is 11.3 Å². The van der Waals surface area contributed by atoms with E-state index in [9.17, 15) is 0 Å². The lowest BCUT2D eigenvalue weighted by molar-refractivity contribution is 0.206. The molecule has 0 bridgehead atoms. The van der Waals surface area contributed by atoms with Crippen LogP contribution in [0.3, 0.4) is 0 Å². The molecule has 0 aliphatic carbocycles. The highest BCUT2D eigenvalue weighted by molar-refractivity contribution is 5.54. The van der Waals surface area contributed by atoms with E-state index in [-0.39, 0.29) is 0 Å². The van der Waals surface area contributed by atoms with Gasteiger partial charge in [-0.25, -0.2) is 4.98 Å². The molecule has 0 saturated heterocycles. The van der Waals surface area contributed by atoms with E-state index in [2.05, 4.69) is 11.1 Å². The van der Waals surface area contributed by atoms with Gasteiger partial charge in [-0.15, -0.1) is 0 Å². The molecule has 1 aromatic heterocycles. The number of nitriles is 1. The lowest BCUT2D eigenvalue weighted by Crippen LogP contribution is -2.23. The third kappa shape index (κ3) is 2.44. The number of anilines is 1. The Morgan fingerprint density at radius 2 is 2.43 bits per heavy atom. The van der Waals surface area contributed by atoms with Gasteiger partial charge in [0.05, 0.1) is 12.3 Å². The summed E-state index contributed by atoms with van der Waals surface area (Å²) >= 11 is 0. The molecule has 0 aliphatic rings. The summed E-state index contributed by atoms with van der Waals surface area (Å²) in [5, 5.41) is 8.82. The van der Waals surface area contributed by atoms with Gasteiger partial charge in [0.25, 0.3) is 0 Å². The van der Waals surface area contributed by atoms with Crippen LogP contribution >= 0.6 is 0 Å². The molecule has 0 saturated carbocycles. The summed E-state index contributed by atoms with van der Waals surface area (Å²) in [6.07, 6.45) is 1.62. The van der Waals surface area contributed by atoms with Crippen LogP contribution in [0.15, 0.2) is 18.3 Å². The van der Waals surface area contributed by atoms with Crippen LogP contribution in [0.25, 0.3) is 0 Å². The first-order chi connectivity index (χ1) is 6.79. The second kappa shape index (κ2) is 5.20. The van der Waals surface area contributed by atoms with Crippen molar-refractivity contribution in [1.29, 1.82) is 5.26 Å². The largest absolute Gasteiger partial charge is 0.383 e. The number of nitrogens with zero attached hydrogens (tertiary/aromatic N) is 3. The van der Waals surface area contributed by atoms with Crippen molar-refractivity contribution in [1.82, 2.24) is 4.98 Å². The van der Waals surface area contributed by atoms with Crippen molar-refractivity contribution in [2.45, 2.75) is 0 Å². The minimum atomic E-state index is 0.450. The minimum Gasteiger partial charge on any atom is -0.383 e. The van der Waals surface area contributed by atoms with Crippen molar-refractivity contribution >= 4 is 5.69 Å². The van der Waals surface area contributed by atoms with E-state index in [1.165, 1.54) is 0 Å². The van der Waals surface area contributed by atoms with Gasteiger partial charge in [-0.05, 0) is 12.1 Å². The third-order valence-corrected chi connectivity index (χ3v) is 1.93. The summed E-state index contributed by atoms with van der Waals surface area (Å²) in [6, 6.07) is 5.75. The standard InChI is InChI=1S/C10H13N3O/c1-13(6-7-14-2)10-4-3-5-12-9(10)8-11/h3-5H,6-7H2,1-2H3. The summed E-state index contributed by atoms with van der Waals surface area (Å²) in [5.41, 5.74) is 1.29. The smallest absolute Gasteiger partial charge is 0.163 e. The molecule has 0 aliphatic heterocycles. The van der Waals surface area contributed by atoms with E-state index in [1.54, 1.807) is 13.3 Å². The fraction of sp³-hybridized carbons (Fsp3) is 0.400. The summed E-state index contributed by atoms with van der Waals surface area (Å²) in [7, 11) is 3.57. The van der Waals surface area contributed by atoms with Crippen molar-refractivity contribution in [3.8, 4) is 6.07 Å². The lowest BCUT2D eigenvalue weighted by atomic mass is 10.3. The summed E-state index contributed by atoms with van der Waals surface area (Å²) in [6.45, 7) is 1.38. The fourth-order valence-electron chi connectivity index (χ4n) is 1.14. The van der Waals surface area contributed by atoms with Gasteiger partial charge in [-0.3, -0.25) is 0 Å². The first-order valence-electron chi connectivity index (χ1n) is 4.34. The Morgan fingerprint density at radius 3 is 3.07 bits per heavy atom. The summed E-state index contributed by atoms with van der Waals surface area (Å²) < 4.78 is 4.96. The highest BCUT2D eigenvalue weighted by Crippen LogP contribution is 2.14. The highest BCUT2D eigenvalue weighted by Gasteiger charge is 2.06. The van der Waals surface area contributed by atoms with E-state index in [0.29, 0.717) is 12.3 Å². The fourth-order valence-corrected chi connectivity index (χ4v) is 1.14. The van der Waals surface area contributed by atoms with E-state index >= 15 is 0 Å². The summed E-state index contributed by atoms with van der Waals surface area (Å²) in [5.74, 6) is 0. The average Bonchev–Trinajstić information content (AvgIpc) is 2.25. The molecular formula is C10H13N3O. The zero-order chi connectivity index (χ0) is 10.4. The molecule has 0 fully saturated rings. The van der Waals surface area contributed by atoms with E-state index in [4.69, 9.17) is 10.00 Å². The van der Waals surface area contributed by atoms with E-state index < -0.39 is 0 Å². The Bertz CT molecular complexity index is 332. The maximum absolute atomic E-state index is 8.82. The van der Waals surface area contributed by atoms with E-state index in [1.807, 2.05) is 24.1 Å². The van der Waals surface area contributed by atoms with Gasteiger partial charge in [0.15, 0.2) is 5.69 Å². The van der Waals surface area contributed by atoms with Gasteiger partial charge in [0.2, 0.25) is 0 Å². The van der Waals surface area contributed by atoms with Crippen molar-refractivity contribution in [2.24, 2.45) is 0 Å². The second-order valence-corrected chi connectivity index (χ2v) is 2.90. The Kier molecular flexibility index (Phi) is 3.89. The average molecular weight is 191 g/mol. The number of pyridine rings is 1. The van der Waals surface area contributed by atoms with Crippen LogP contribution in [0.1, 0.15) is 5.69 Å². The molecule has 0 amide bonds. The lowest BCUT2D eigenvalue weighted by Gasteiger charge is -2.18. The normalized spacial score (nSPS) is 9.50. The topological polar surface area (TPSA) is 49.1 Å². The Morgan fingerprint density at radius 1 is 1.64 bits per heavy atom. The Labute approximate surface area is 83.7 Å². The summed E-state index contributed by atoms with van der Waals surface area (Å²) in [4.78, 5) is 5.94. The minimum absolute atomic E-state index is 0.450. The Hall–Kier alpha value is -1.60. The van der Waals surface area contributed by atoms with Crippen LogP contribution in [-0.2, 0) is 4.74 Å². The molecule has 0 aromatic carbocycles. The molecule has 1 aromatic rings. The number of likely N-dealkylation sites (N-methyl/N-ethyl adjacent to an activating group) is 1. The van der Waals surface area contributed by atoms with Crippen molar-refractivity contribution in [3.63, 3.8) is 0 Å². The van der Waals surface area contributed by atoms with Crippen molar-refractivity contribution in [3.05, 3.63) is 24.0 Å². The third-order valence-electron chi connectivity index (χ3n) is 1.93. The molecule has 0 atom stereocenters. The van der Waals surface area contributed by atoms with Gasteiger partial charge in [0.1, 0.15) is 6.07 Å². The van der Waals surface area contributed by atoms with Crippen LogP contribution in [0.4, 0.5) is 5.69 Å². The predicted octanol–water partition coefficient (Wildman–Crippen LogP) is 1.04. The molecule has 0 N–H and O–H groups in total. The van der Waals surface area contributed by atoms with Gasteiger partial charge in [-0.2, -0.15) is 5.26 Å². The molecular weight excluding hydrogens is 178 g/mol. The SMILES string of the molecule is COCCN(C)c1cccnc1C#N. The molecule has 1 rings (SSSR count). The quantitative estimate of drug-likeness (QED) is 0.713. The van der Waals surface area contributed by atoms with Crippen molar-refractivity contribution < 1.29 is 4.74 Å². The first-order valence-corrected chi connectivity index (χ1v) is 4.34. The number of rotatable bonds is 4. The van der Waals surface area contributed by atoms with Gasteiger partial charge in [0, 0.05) is 26.9 Å². The molecule has 0 unspecified atom stereocenters. The van der Waals surface area contributed by atoms with Gasteiger partial charge >= 0.3 is 0 Å². The maximum Gasteiger partial charge on any atom is 0.163 e. The van der Waals surface area contributed by atoms with E-state index in [0.717, 1.165) is 12.2 Å². The number of hydrogen-bond acceptors (Lipinski definition) is 4. The molecule has 14 heavy (non-hydrogen) atoms. The van der Waals surface area contributed by atoms with Crippen LogP contribution < -0.4 is 4.90 Å². The molecule has 0 spiro atoms. The molecule has 4 nitrogen and oxygen atoms in total. The van der Waals surface area contributed by atoms with Gasteiger partial charge < -0.3 is 9.64 Å².